The molecule has 3 aromatic heterocycles. The Balaban J connectivity index is 1.42. The van der Waals surface area contributed by atoms with E-state index in [9.17, 15) is 14.0 Å². The summed E-state index contributed by atoms with van der Waals surface area (Å²) in [4.78, 5) is 30.1. The molecule has 152 valence electrons. The molecule has 8 nitrogen and oxygen atoms in total. The summed E-state index contributed by atoms with van der Waals surface area (Å²) in [7, 11) is 0. The van der Waals surface area contributed by atoms with Crippen molar-refractivity contribution < 1.29 is 13.6 Å². The second-order valence-electron chi connectivity index (χ2n) is 6.86. The molecule has 0 fully saturated rings. The fourth-order valence-corrected chi connectivity index (χ4v) is 4.57. The average Bonchev–Trinajstić information content (AvgIpc) is 3.48. The average molecular weight is 425 g/mol. The topological polar surface area (TPSA) is 95.0 Å². The molecule has 1 amide bonds. The molecule has 0 saturated heterocycles. The number of nitrogens with one attached hydrogen (secondary N) is 1. The van der Waals surface area contributed by atoms with Crippen LogP contribution in [0.1, 0.15) is 18.2 Å². The second kappa shape index (κ2) is 7.45. The molecule has 5 rings (SSSR count). The van der Waals surface area contributed by atoms with Gasteiger partial charge in [0.15, 0.2) is 10.8 Å². The summed E-state index contributed by atoms with van der Waals surface area (Å²) < 4.78 is 21.5. The summed E-state index contributed by atoms with van der Waals surface area (Å²) in [6.07, 6.45) is 3.17. The van der Waals surface area contributed by atoms with Crippen LogP contribution in [0.25, 0.3) is 16.7 Å². The quantitative estimate of drug-likeness (QED) is 0.494. The van der Waals surface area contributed by atoms with Crippen LogP contribution < -0.4 is 10.9 Å². The second-order valence-corrected chi connectivity index (χ2v) is 7.85. The van der Waals surface area contributed by atoms with E-state index in [1.54, 1.807) is 35.1 Å². The Labute approximate surface area is 173 Å². The molecule has 10 heteroatoms. The Kier molecular flexibility index (Phi) is 4.62. The first-order valence-corrected chi connectivity index (χ1v) is 10.3. The first-order valence-electron chi connectivity index (χ1n) is 9.28. The number of halogens is 1. The standard InChI is InChI=1S/C20H16FN5O3S/c21-12-3-5-13(6-4-12)26-18-16(10-23-26)19(28)25-14(11-30-20(25)24-18)8-17(27)22-9-15-2-1-7-29-15/h1-7,10,14H,8-9,11H2,(H,22,27). The van der Waals surface area contributed by atoms with E-state index < -0.39 is 0 Å². The van der Waals surface area contributed by atoms with Gasteiger partial charge in [-0.1, -0.05) is 11.8 Å². The Morgan fingerprint density at radius 1 is 1.30 bits per heavy atom. The minimum Gasteiger partial charge on any atom is -0.467 e. The molecule has 1 aliphatic heterocycles. The SMILES string of the molecule is O=C(CC1CSc2nc3c(cnn3-c3ccc(F)cc3)c(=O)n21)NCc1ccco1. The van der Waals surface area contributed by atoms with Gasteiger partial charge in [-0.25, -0.2) is 14.1 Å². The summed E-state index contributed by atoms with van der Waals surface area (Å²) >= 11 is 1.42. The molecule has 1 N–H and O–H groups in total. The van der Waals surface area contributed by atoms with Crippen molar-refractivity contribution in [1.29, 1.82) is 0 Å². The lowest BCUT2D eigenvalue weighted by molar-refractivity contribution is -0.122. The first-order chi connectivity index (χ1) is 14.6. The summed E-state index contributed by atoms with van der Waals surface area (Å²) in [5, 5.41) is 7.96. The van der Waals surface area contributed by atoms with E-state index >= 15 is 0 Å². The maximum Gasteiger partial charge on any atom is 0.265 e. The largest absolute Gasteiger partial charge is 0.467 e. The van der Waals surface area contributed by atoms with Crippen molar-refractivity contribution in [2.24, 2.45) is 0 Å². The van der Waals surface area contributed by atoms with Crippen LogP contribution in [0.15, 0.2) is 63.2 Å². The van der Waals surface area contributed by atoms with Gasteiger partial charge in [0.25, 0.3) is 5.56 Å². The number of hydrogen-bond acceptors (Lipinski definition) is 6. The van der Waals surface area contributed by atoms with E-state index in [0.29, 0.717) is 39.9 Å². The minimum absolute atomic E-state index is 0.167. The third-order valence-corrected chi connectivity index (χ3v) is 6.00. The number of carbonyl (C=O) groups is 1. The van der Waals surface area contributed by atoms with Crippen LogP contribution in [0.3, 0.4) is 0 Å². The highest BCUT2D eigenvalue weighted by molar-refractivity contribution is 7.99. The fourth-order valence-electron chi connectivity index (χ4n) is 3.44. The summed E-state index contributed by atoms with van der Waals surface area (Å²) in [5.41, 5.74) is 0.783. The number of aromatic nitrogens is 4. The number of furan rings is 1. The number of benzene rings is 1. The summed E-state index contributed by atoms with van der Waals surface area (Å²) in [6, 6.07) is 9.06. The Morgan fingerprint density at radius 2 is 2.13 bits per heavy atom. The van der Waals surface area contributed by atoms with Gasteiger partial charge in [-0.05, 0) is 36.4 Å². The van der Waals surface area contributed by atoms with E-state index in [1.165, 1.54) is 34.8 Å². The van der Waals surface area contributed by atoms with E-state index in [-0.39, 0.29) is 29.7 Å². The highest BCUT2D eigenvalue weighted by Crippen LogP contribution is 2.33. The van der Waals surface area contributed by atoms with Crippen molar-refractivity contribution in [1.82, 2.24) is 24.6 Å². The number of amides is 1. The van der Waals surface area contributed by atoms with E-state index in [4.69, 9.17) is 4.42 Å². The van der Waals surface area contributed by atoms with Crippen LogP contribution in [-0.2, 0) is 11.3 Å². The molecule has 1 atom stereocenters. The summed E-state index contributed by atoms with van der Waals surface area (Å²) in [5.74, 6) is 0.720. The maximum absolute atomic E-state index is 13.2. The number of hydrogen-bond donors (Lipinski definition) is 1. The Bertz CT molecular complexity index is 1280. The molecule has 1 aromatic carbocycles. The number of nitrogens with zero attached hydrogens (tertiary/aromatic N) is 4. The highest BCUT2D eigenvalue weighted by atomic mass is 32.2. The fraction of sp³-hybridized carbons (Fsp3) is 0.200. The van der Waals surface area contributed by atoms with Crippen molar-refractivity contribution in [3.63, 3.8) is 0 Å². The zero-order valence-corrected chi connectivity index (χ0v) is 16.4. The molecule has 0 bridgehead atoms. The number of rotatable bonds is 5. The zero-order valence-electron chi connectivity index (χ0n) is 15.6. The summed E-state index contributed by atoms with van der Waals surface area (Å²) in [6.45, 7) is 0.301. The van der Waals surface area contributed by atoms with Gasteiger partial charge in [0.2, 0.25) is 5.91 Å². The normalized spacial score (nSPS) is 15.4. The van der Waals surface area contributed by atoms with E-state index in [0.717, 1.165) is 0 Å². The predicted octanol–water partition coefficient (Wildman–Crippen LogP) is 2.67. The maximum atomic E-state index is 13.2. The van der Waals surface area contributed by atoms with Gasteiger partial charge < -0.3 is 9.73 Å². The minimum atomic E-state index is -0.354. The van der Waals surface area contributed by atoms with Crippen LogP contribution in [0.2, 0.25) is 0 Å². The zero-order chi connectivity index (χ0) is 20.7. The molecule has 30 heavy (non-hydrogen) atoms. The van der Waals surface area contributed by atoms with E-state index in [1.807, 2.05) is 0 Å². The van der Waals surface area contributed by atoms with Crippen LogP contribution >= 0.6 is 11.8 Å². The van der Waals surface area contributed by atoms with Gasteiger partial charge in [0, 0.05) is 12.2 Å². The molecule has 0 aliphatic carbocycles. The lowest BCUT2D eigenvalue weighted by Gasteiger charge is -2.13. The van der Waals surface area contributed by atoms with Crippen molar-refractivity contribution in [2.45, 2.75) is 24.2 Å². The van der Waals surface area contributed by atoms with Gasteiger partial charge in [-0.2, -0.15) is 5.10 Å². The lowest BCUT2D eigenvalue weighted by atomic mass is 10.2. The number of carbonyl (C=O) groups excluding carboxylic acids is 1. The third-order valence-electron chi connectivity index (χ3n) is 4.90. The van der Waals surface area contributed by atoms with Crippen LogP contribution in [0.5, 0.6) is 0 Å². The van der Waals surface area contributed by atoms with Crippen molar-refractivity contribution in [3.05, 3.63) is 70.8 Å². The highest BCUT2D eigenvalue weighted by Gasteiger charge is 2.29. The molecule has 1 aliphatic rings. The molecular weight excluding hydrogens is 409 g/mol. The van der Waals surface area contributed by atoms with Gasteiger partial charge in [0.1, 0.15) is 17.0 Å². The lowest BCUT2D eigenvalue weighted by Crippen LogP contribution is -2.30. The Morgan fingerprint density at radius 3 is 2.90 bits per heavy atom. The van der Waals surface area contributed by atoms with Gasteiger partial charge in [0.05, 0.1) is 30.7 Å². The molecule has 4 aromatic rings. The van der Waals surface area contributed by atoms with Crippen molar-refractivity contribution >= 4 is 28.7 Å². The van der Waals surface area contributed by atoms with Gasteiger partial charge in [-0.3, -0.25) is 14.2 Å². The van der Waals surface area contributed by atoms with Gasteiger partial charge in [-0.15, -0.1) is 0 Å². The smallest absolute Gasteiger partial charge is 0.265 e. The third kappa shape index (κ3) is 3.28. The molecule has 4 heterocycles. The van der Waals surface area contributed by atoms with Crippen molar-refractivity contribution in [3.8, 4) is 5.69 Å². The monoisotopic (exact) mass is 425 g/mol. The van der Waals surface area contributed by atoms with Gasteiger partial charge >= 0.3 is 0 Å². The van der Waals surface area contributed by atoms with Crippen LogP contribution in [0.4, 0.5) is 4.39 Å². The molecule has 0 saturated carbocycles. The molecule has 0 spiro atoms. The Hall–Kier alpha value is -3.40. The molecule has 0 radical (unpaired) electrons. The van der Waals surface area contributed by atoms with Crippen LogP contribution in [-0.4, -0.2) is 31.0 Å². The first kappa shape index (κ1) is 18.6. The molecular formula is C20H16FN5O3S. The van der Waals surface area contributed by atoms with Crippen LogP contribution in [0, 0.1) is 5.82 Å². The molecule has 1 unspecified atom stereocenters. The predicted molar refractivity (Wildman–Crippen MR) is 108 cm³/mol. The number of thioether (sulfide) groups is 1. The number of fused-ring (bicyclic) bond motifs is 2. The van der Waals surface area contributed by atoms with E-state index in [2.05, 4.69) is 15.4 Å². The van der Waals surface area contributed by atoms with Crippen molar-refractivity contribution in [2.75, 3.05) is 5.75 Å².